The molecule has 1 aliphatic rings. The maximum atomic E-state index is 11.1. The molecule has 0 spiro atoms. The average Bonchev–Trinajstić information content (AvgIpc) is 3.64. The van der Waals surface area contributed by atoms with Crippen LogP contribution >= 0.6 is 11.3 Å². The third-order valence-corrected chi connectivity index (χ3v) is 7.10. The highest BCUT2D eigenvalue weighted by atomic mass is 32.1. The lowest BCUT2D eigenvalue weighted by Gasteiger charge is -2.38. The smallest absolute Gasteiger partial charge is 0.230 e. The molecule has 1 fully saturated rings. The van der Waals surface area contributed by atoms with E-state index in [0.29, 0.717) is 16.5 Å². The van der Waals surface area contributed by atoms with Gasteiger partial charge in [0.05, 0.1) is 17.4 Å². The number of rotatable bonds is 6. The van der Waals surface area contributed by atoms with Crippen LogP contribution in [0, 0.1) is 0 Å². The standard InChI is InChI=1S/C24H23N5O3S/c30-23-21(33-24-25-22(26-29(23)24)19-9-5-15-32-19)20(18-8-4-14-31-18)28-12-10-27(11-13-28)16-17-6-2-1-3-7-17/h1-9,14-15,20,30H,10-13,16H2. The van der Waals surface area contributed by atoms with E-state index in [-0.39, 0.29) is 11.9 Å². The molecular formula is C24H23N5O3S. The SMILES string of the molecule is Oc1c(C(c2ccco2)N2CCN(Cc3ccccc3)CC2)sc2nc(-c3ccco3)nn12. The molecule has 168 valence electrons. The Labute approximate surface area is 194 Å². The fourth-order valence-corrected chi connectivity index (χ4v) is 5.48. The molecule has 1 saturated heterocycles. The van der Waals surface area contributed by atoms with Crippen LogP contribution in [0.5, 0.6) is 5.88 Å². The molecule has 6 rings (SSSR count). The van der Waals surface area contributed by atoms with E-state index in [1.54, 1.807) is 24.7 Å². The van der Waals surface area contributed by atoms with Gasteiger partial charge in [0.15, 0.2) is 5.76 Å². The van der Waals surface area contributed by atoms with Crippen LogP contribution in [0.25, 0.3) is 16.5 Å². The zero-order valence-electron chi connectivity index (χ0n) is 17.9. The molecule has 0 bridgehead atoms. The summed E-state index contributed by atoms with van der Waals surface area (Å²) in [5, 5.41) is 15.6. The summed E-state index contributed by atoms with van der Waals surface area (Å²) in [7, 11) is 0. The molecule has 0 amide bonds. The number of piperazine rings is 1. The first-order valence-electron chi connectivity index (χ1n) is 10.9. The summed E-state index contributed by atoms with van der Waals surface area (Å²) in [5.41, 5.74) is 1.32. The molecule has 8 nitrogen and oxygen atoms in total. The van der Waals surface area contributed by atoms with Gasteiger partial charge >= 0.3 is 0 Å². The van der Waals surface area contributed by atoms with Crippen molar-refractivity contribution in [1.82, 2.24) is 24.4 Å². The largest absolute Gasteiger partial charge is 0.492 e. The fourth-order valence-electron chi connectivity index (χ4n) is 4.38. The third kappa shape index (κ3) is 3.84. The van der Waals surface area contributed by atoms with Gasteiger partial charge in [-0.1, -0.05) is 41.7 Å². The topological polar surface area (TPSA) is 83.2 Å². The normalized spacial score (nSPS) is 16.5. The van der Waals surface area contributed by atoms with Gasteiger partial charge in [0, 0.05) is 32.7 Å². The van der Waals surface area contributed by atoms with Crippen LogP contribution in [-0.4, -0.2) is 55.7 Å². The van der Waals surface area contributed by atoms with Crippen LogP contribution in [0.3, 0.4) is 0 Å². The van der Waals surface area contributed by atoms with E-state index in [1.165, 1.54) is 21.4 Å². The van der Waals surface area contributed by atoms with E-state index in [9.17, 15) is 5.11 Å². The van der Waals surface area contributed by atoms with Crippen LogP contribution in [0.1, 0.15) is 22.2 Å². The predicted octanol–water partition coefficient (Wildman–Crippen LogP) is 4.26. The Bertz CT molecular complexity index is 1320. The molecule has 0 saturated carbocycles. The summed E-state index contributed by atoms with van der Waals surface area (Å²) >= 11 is 1.43. The predicted molar refractivity (Wildman–Crippen MR) is 124 cm³/mol. The average molecular weight is 462 g/mol. The van der Waals surface area contributed by atoms with Crippen LogP contribution in [0.4, 0.5) is 0 Å². The fraction of sp³-hybridized carbons (Fsp3) is 0.250. The van der Waals surface area contributed by atoms with Crippen molar-refractivity contribution in [3.05, 3.63) is 83.3 Å². The summed E-state index contributed by atoms with van der Waals surface area (Å²) in [6.07, 6.45) is 3.26. The molecule has 1 atom stereocenters. The first-order chi connectivity index (χ1) is 16.3. The number of nitrogens with zero attached hydrogens (tertiary/aromatic N) is 5. The number of aromatic nitrogens is 3. The van der Waals surface area contributed by atoms with Crippen molar-refractivity contribution in [2.75, 3.05) is 26.2 Å². The van der Waals surface area contributed by atoms with Crippen LogP contribution in [0.2, 0.25) is 0 Å². The van der Waals surface area contributed by atoms with Crippen LogP contribution in [0.15, 0.2) is 76.0 Å². The van der Waals surface area contributed by atoms with Crippen molar-refractivity contribution in [1.29, 1.82) is 0 Å². The number of hydrogen-bond acceptors (Lipinski definition) is 8. The molecule has 5 heterocycles. The van der Waals surface area contributed by atoms with E-state index >= 15 is 0 Å². The number of benzene rings is 1. The highest BCUT2D eigenvalue weighted by molar-refractivity contribution is 7.17. The zero-order valence-corrected chi connectivity index (χ0v) is 18.7. The van der Waals surface area contributed by atoms with Crippen molar-refractivity contribution < 1.29 is 13.9 Å². The molecule has 1 aromatic carbocycles. The Morgan fingerprint density at radius 1 is 0.939 bits per heavy atom. The van der Waals surface area contributed by atoms with Crippen molar-refractivity contribution in [2.45, 2.75) is 12.6 Å². The summed E-state index contributed by atoms with van der Waals surface area (Å²) in [5.74, 6) is 1.92. The van der Waals surface area contributed by atoms with Gasteiger partial charge < -0.3 is 13.9 Å². The van der Waals surface area contributed by atoms with Crippen molar-refractivity contribution in [3.8, 4) is 17.5 Å². The van der Waals surface area contributed by atoms with E-state index in [1.807, 2.05) is 18.2 Å². The summed E-state index contributed by atoms with van der Waals surface area (Å²) < 4.78 is 12.7. The molecule has 1 N–H and O–H groups in total. The maximum Gasteiger partial charge on any atom is 0.230 e. The second kappa shape index (κ2) is 8.51. The van der Waals surface area contributed by atoms with E-state index in [2.05, 4.69) is 44.1 Å². The number of aromatic hydroxyl groups is 1. The summed E-state index contributed by atoms with van der Waals surface area (Å²) in [6, 6.07) is 17.8. The highest BCUT2D eigenvalue weighted by Crippen LogP contribution is 2.41. The van der Waals surface area contributed by atoms with Gasteiger partial charge in [-0.15, -0.1) is 5.10 Å². The van der Waals surface area contributed by atoms with Gasteiger partial charge in [-0.05, 0) is 29.8 Å². The van der Waals surface area contributed by atoms with Gasteiger partial charge in [0.25, 0.3) is 0 Å². The molecule has 0 radical (unpaired) electrons. The van der Waals surface area contributed by atoms with Crippen molar-refractivity contribution in [3.63, 3.8) is 0 Å². The molecule has 9 heteroatoms. The quantitative estimate of drug-likeness (QED) is 0.405. The Morgan fingerprint density at radius 2 is 1.73 bits per heavy atom. The Balaban J connectivity index is 1.26. The lowest BCUT2D eigenvalue weighted by molar-refractivity contribution is 0.0970. The minimum Gasteiger partial charge on any atom is -0.492 e. The summed E-state index contributed by atoms with van der Waals surface area (Å²) in [6.45, 7) is 4.55. The van der Waals surface area contributed by atoms with E-state index in [4.69, 9.17) is 8.83 Å². The minimum atomic E-state index is -0.195. The van der Waals surface area contributed by atoms with Crippen LogP contribution in [-0.2, 0) is 6.54 Å². The molecule has 1 aliphatic heterocycles. The maximum absolute atomic E-state index is 11.1. The zero-order chi connectivity index (χ0) is 22.2. The number of furan rings is 2. The first kappa shape index (κ1) is 20.2. The molecule has 0 aliphatic carbocycles. The molecule has 33 heavy (non-hydrogen) atoms. The molecule has 5 aromatic rings. The second-order valence-corrected chi connectivity index (χ2v) is 9.12. The van der Waals surface area contributed by atoms with Gasteiger partial charge in [-0.3, -0.25) is 9.80 Å². The number of thiazole rings is 1. The van der Waals surface area contributed by atoms with E-state index in [0.717, 1.165) is 43.4 Å². The number of hydrogen-bond donors (Lipinski definition) is 1. The van der Waals surface area contributed by atoms with E-state index < -0.39 is 0 Å². The monoisotopic (exact) mass is 461 g/mol. The van der Waals surface area contributed by atoms with Gasteiger partial charge in [0.1, 0.15) is 11.8 Å². The summed E-state index contributed by atoms with van der Waals surface area (Å²) in [4.78, 5) is 10.8. The Kier molecular flexibility index (Phi) is 5.21. The van der Waals surface area contributed by atoms with Gasteiger partial charge in [-0.25, -0.2) is 0 Å². The highest BCUT2D eigenvalue weighted by Gasteiger charge is 2.33. The van der Waals surface area contributed by atoms with Crippen molar-refractivity contribution >= 4 is 16.3 Å². The lowest BCUT2D eigenvalue weighted by atomic mass is 10.1. The van der Waals surface area contributed by atoms with Gasteiger partial charge in [0.2, 0.25) is 16.7 Å². The van der Waals surface area contributed by atoms with Gasteiger partial charge in [-0.2, -0.15) is 9.50 Å². The van der Waals surface area contributed by atoms with Crippen LogP contribution < -0.4 is 0 Å². The first-order valence-corrected chi connectivity index (χ1v) is 11.7. The molecular weight excluding hydrogens is 438 g/mol. The third-order valence-electron chi connectivity index (χ3n) is 6.02. The lowest BCUT2D eigenvalue weighted by Crippen LogP contribution is -2.47. The molecule has 4 aromatic heterocycles. The Morgan fingerprint density at radius 3 is 2.42 bits per heavy atom. The van der Waals surface area contributed by atoms with Crippen molar-refractivity contribution in [2.24, 2.45) is 0 Å². The minimum absolute atomic E-state index is 0.0911. The Hall–Kier alpha value is -3.40. The number of fused-ring (bicyclic) bond motifs is 1. The second-order valence-electron chi connectivity index (χ2n) is 8.11. The molecule has 1 unspecified atom stereocenters.